The second-order valence-corrected chi connectivity index (χ2v) is 5.75. The van der Waals surface area contributed by atoms with Crippen LogP contribution >= 0.6 is 0 Å². The van der Waals surface area contributed by atoms with Crippen molar-refractivity contribution in [1.82, 2.24) is 0 Å². The maximum Gasteiger partial charge on any atom is 0.420 e. The predicted molar refractivity (Wildman–Crippen MR) is 81.5 cm³/mol. The van der Waals surface area contributed by atoms with Crippen molar-refractivity contribution in [2.75, 3.05) is 11.5 Å². The summed E-state index contributed by atoms with van der Waals surface area (Å²) in [4.78, 5) is 0. The second-order valence-electron chi connectivity index (χ2n) is 5.75. The summed E-state index contributed by atoms with van der Waals surface area (Å²) < 4.78 is 124. The molecule has 2 rings (SSSR count). The summed E-state index contributed by atoms with van der Waals surface area (Å²) in [7, 11) is 0. The van der Waals surface area contributed by atoms with Gasteiger partial charge < -0.3 is 16.2 Å². The van der Waals surface area contributed by atoms with E-state index in [4.69, 9.17) is 11.5 Å². The third kappa shape index (κ3) is 4.37. The van der Waals surface area contributed by atoms with Crippen LogP contribution in [0.15, 0.2) is 24.3 Å². The van der Waals surface area contributed by atoms with E-state index in [9.17, 15) is 39.5 Å². The summed E-state index contributed by atoms with van der Waals surface area (Å²) in [5.74, 6) is -3.07. The molecule has 0 aliphatic carbocycles. The number of ether oxygens (including phenoxy) is 1. The zero-order valence-corrected chi connectivity index (χ0v) is 13.8. The Morgan fingerprint density at radius 2 is 0.929 bits per heavy atom. The first-order valence-corrected chi connectivity index (χ1v) is 7.25. The Labute approximate surface area is 151 Å². The van der Waals surface area contributed by atoms with Gasteiger partial charge in [-0.05, 0) is 36.8 Å². The Balaban J connectivity index is 2.84. The van der Waals surface area contributed by atoms with Crippen LogP contribution in [0.2, 0.25) is 0 Å². The number of halogens is 9. The lowest BCUT2D eigenvalue weighted by Gasteiger charge is -2.22. The van der Waals surface area contributed by atoms with Gasteiger partial charge in [0.05, 0.1) is 0 Å². The predicted octanol–water partition coefficient (Wildman–Crippen LogP) is 6.01. The first-order valence-electron chi connectivity index (χ1n) is 7.25. The van der Waals surface area contributed by atoms with E-state index in [1.54, 1.807) is 0 Å². The Bertz CT molecular complexity index is 864. The fraction of sp³-hybridized carbons (Fsp3) is 0.250. The van der Waals surface area contributed by atoms with Crippen LogP contribution in [0.1, 0.15) is 22.3 Å². The molecule has 0 bridgehead atoms. The van der Waals surface area contributed by atoms with E-state index in [1.165, 1.54) is 0 Å². The van der Waals surface area contributed by atoms with E-state index in [2.05, 4.69) is 4.74 Å². The van der Waals surface area contributed by atoms with Gasteiger partial charge in [-0.1, -0.05) is 0 Å². The van der Waals surface area contributed by atoms with Crippen LogP contribution in [-0.4, -0.2) is 0 Å². The number of aryl methyl sites for hydroxylation is 1. The number of hydrogen-bond acceptors (Lipinski definition) is 3. The number of nitrogen functional groups attached to an aromatic ring is 2. The Morgan fingerprint density at radius 3 is 1.29 bits per heavy atom. The van der Waals surface area contributed by atoms with Gasteiger partial charge in [0.1, 0.15) is 22.4 Å². The zero-order valence-electron chi connectivity index (χ0n) is 13.8. The van der Waals surface area contributed by atoms with Crippen molar-refractivity contribution in [3.8, 4) is 11.5 Å². The van der Waals surface area contributed by atoms with Crippen molar-refractivity contribution >= 4 is 11.4 Å². The SMILES string of the molecule is Cc1cc(N)cc(C(F)(F)F)c1Oc1c(C(F)(F)F)cc(N)cc1C(F)(F)F. The van der Waals surface area contributed by atoms with Gasteiger partial charge in [-0.25, -0.2) is 0 Å². The molecule has 0 amide bonds. The zero-order chi connectivity index (χ0) is 21.7. The summed E-state index contributed by atoms with van der Waals surface area (Å²) in [5.41, 5.74) is 3.15. The van der Waals surface area contributed by atoms with Crippen LogP contribution in [0.25, 0.3) is 0 Å². The molecule has 0 spiro atoms. The summed E-state index contributed by atoms with van der Waals surface area (Å²) in [6, 6.07) is 1.55. The number of rotatable bonds is 2. The maximum atomic E-state index is 13.3. The van der Waals surface area contributed by atoms with Gasteiger partial charge in [0, 0.05) is 11.4 Å². The molecule has 4 N–H and O–H groups in total. The molecule has 154 valence electrons. The van der Waals surface area contributed by atoms with Gasteiger partial charge in [0.15, 0.2) is 5.75 Å². The van der Waals surface area contributed by atoms with Crippen molar-refractivity contribution in [3.05, 3.63) is 46.5 Å². The number of nitrogens with two attached hydrogens (primary N) is 2. The van der Waals surface area contributed by atoms with E-state index in [1.807, 2.05) is 0 Å². The van der Waals surface area contributed by atoms with E-state index >= 15 is 0 Å². The third-order valence-electron chi connectivity index (χ3n) is 3.53. The van der Waals surface area contributed by atoms with E-state index in [0.29, 0.717) is 6.07 Å². The van der Waals surface area contributed by atoms with Crippen molar-refractivity contribution in [2.45, 2.75) is 25.5 Å². The highest BCUT2D eigenvalue weighted by Gasteiger charge is 2.44. The molecular weight excluding hydrogens is 407 g/mol. The van der Waals surface area contributed by atoms with Crippen molar-refractivity contribution in [3.63, 3.8) is 0 Å². The minimum Gasteiger partial charge on any atom is -0.455 e. The average Bonchev–Trinajstić information content (AvgIpc) is 2.47. The van der Waals surface area contributed by atoms with Crippen LogP contribution in [0.3, 0.4) is 0 Å². The van der Waals surface area contributed by atoms with E-state index in [0.717, 1.165) is 13.0 Å². The molecule has 0 aromatic heterocycles. The van der Waals surface area contributed by atoms with Crippen LogP contribution in [0, 0.1) is 6.92 Å². The minimum absolute atomic E-state index is 0.143. The normalized spacial score (nSPS) is 12.9. The molecule has 0 radical (unpaired) electrons. The second kappa shape index (κ2) is 6.67. The Hall–Kier alpha value is -2.79. The molecule has 0 heterocycles. The van der Waals surface area contributed by atoms with Gasteiger partial charge in [0.25, 0.3) is 0 Å². The monoisotopic (exact) mass is 418 g/mol. The summed E-state index contributed by atoms with van der Waals surface area (Å²) in [6.45, 7) is 0.999. The van der Waals surface area contributed by atoms with Crippen LogP contribution in [0.5, 0.6) is 11.5 Å². The van der Waals surface area contributed by atoms with Crippen molar-refractivity contribution < 1.29 is 44.3 Å². The van der Waals surface area contributed by atoms with E-state index < -0.39 is 63.7 Å². The quantitative estimate of drug-likeness (QED) is 0.464. The van der Waals surface area contributed by atoms with Gasteiger partial charge >= 0.3 is 18.5 Å². The van der Waals surface area contributed by atoms with E-state index in [-0.39, 0.29) is 12.1 Å². The Morgan fingerprint density at radius 1 is 0.607 bits per heavy atom. The molecule has 3 nitrogen and oxygen atoms in total. The van der Waals surface area contributed by atoms with Crippen molar-refractivity contribution in [2.24, 2.45) is 0 Å². The maximum absolute atomic E-state index is 13.3. The molecule has 0 saturated carbocycles. The number of benzene rings is 2. The number of anilines is 2. The molecular formula is C16H11F9N2O. The molecule has 28 heavy (non-hydrogen) atoms. The summed E-state index contributed by atoms with van der Waals surface area (Å²) >= 11 is 0. The van der Waals surface area contributed by atoms with Gasteiger partial charge in [-0.3, -0.25) is 0 Å². The average molecular weight is 418 g/mol. The van der Waals surface area contributed by atoms with Crippen molar-refractivity contribution in [1.29, 1.82) is 0 Å². The van der Waals surface area contributed by atoms with Gasteiger partial charge in [-0.15, -0.1) is 0 Å². The Kier molecular flexibility index (Phi) is 5.13. The first-order chi connectivity index (χ1) is 12.5. The summed E-state index contributed by atoms with van der Waals surface area (Å²) in [5, 5.41) is 0. The van der Waals surface area contributed by atoms with Crippen LogP contribution in [-0.2, 0) is 18.5 Å². The molecule has 2 aromatic carbocycles. The standard InChI is InChI=1S/C16H11F9N2O/c1-6-2-7(26)3-9(14(17,18)19)12(6)28-13-10(15(20,21)22)4-8(27)5-11(13)16(23,24)25/h2-5H,26-27H2,1H3. The molecule has 0 aliphatic rings. The third-order valence-corrected chi connectivity index (χ3v) is 3.53. The number of hydrogen-bond donors (Lipinski definition) is 2. The fourth-order valence-corrected chi connectivity index (χ4v) is 2.43. The molecule has 0 atom stereocenters. The molecule has 2 aromatic rings. The highest BCUT2D eigenvalue weighted by molar-refractivity contribution is 5.60. The molecule has 12 heteroatoms. The highest BCUT2D eigenvalue weighted by atomic mass is 19.4. The molecule has 0 fully saturated rings. The number of alkyl halides is 9. The topological polar surface area (TPSA) is 61.3 Å². The largest absolute Gasteiger partial charge is 0.455 e. The van der Waals surface area contributed by atoms with Gasteiger partial charge in [-0.2, -0.15) is 39.5 Å². The first kappa shape index (κ1) is 21.5. The fourth-order valence-electron chi connectivity index (χ4n) is 2.43. The summed E-state index contributed by atoms with van der Waals surface area (Å²) in [6.07, 6.45) is -15.9. The van der Waals surface area contributed by atoms with Crippen LogP contribution < -0.4 is 16.2 Å². The lowest BCUT2D eigenvalue weighted by Crippen LogP contribution is -2.16. The van der Waals surface area contributed by atoms with Gasteiger partial charge in [0.2, 0.25) is 0 Å². The molecule has 0 unspecified atom stereocenters. The minimum atomic E-state index is -5.38. The lowest BCUT2D eigenvalue weighted by molar-refractivity contribution is -0.145. The van der Waals surface area contributed by atoms with Crippen LogP contribution in [0.4, 0.5) is 50.9 Å². The smallest absolute Gasteiger partial charge is 0.420 e. The molecule has 0 aliphatic heterocycles. The lowest BCUT2D eigenvalue weighted by atomic mass is 10.0. The highest BCUT2D eigenvalue weighted by Crippen LogP contribution is 2.49. The molecule has 0 saturated heterocycles.